The van der Waals surface area contributed by atoms with Crippen LogP contribution >= 0.6 is 0 Å². The van der Waals surface area contributed by atoms with Crippen molar-refractivity contribution in [2.45, 2.75) is 6.92 Å². The highest BCUT2D eigenvalue weighted by molar-refractivity contribution is 5.96. The molecule has 2 aromatic rings. The Balaban J connectivity index is 2.58. The van der Waals surface area contributed by atoms with Crippen molar-refractivity contribution in [3.63, 3.8) is 0 Å². The van der Waals surface area contributed by atoms with Gasteiger partial charge in [-0.3, -0.25) is 4.79 Å². The lowest BCUT2D eigenvalue weighted by molar-refractivity contribution is 0.101. The van der Waals surface area contributed by atoms with Gasteiger partial charge >= 0.3 is 0 Å². The number of nitrogens with zero attached hydrogens (tertiary/aromatic N) is 3. The van der Waals surface area contributed by atoms with Gasteiger partial charge in [0, 0.05) is 18.6 Å². The minimum atomic E-state index is -0.0106. The first-order valence-electron chi connectivity index (χ1n) is 4.25. The Morgan fingerprint density at radius 2 is 2.21 bits per heavy atom. The van der Waals surface area contributed by atoms with E-state index in [9.17, 15) is 4.79 Å². The van der Waals surface area contributed by atoms with Gasteiger partial charge < -0.3 is 0 Å². The zero-order valence-electron chi connectivity index (χ0n) is 7.71. The number of aromatic nitrogens is 3. The van der Waals surface area contributed by atoms with Crippen LogP contribution in [0.3, 0.4) is 0 Å². The van der Waals surface area contributed by atoms with Crippen LogP contribution in [0.2, 0.25) is 0 Å². The molecule has 0 aromatic carbocycles. The Morgan fingerprint density at radius 1 is 1.36 bits per heavy atom. The van der Waals surface area contributed by atoms with Gasteiger partial charge in [0.1, 0.15) is 0 Å². The molecule has 2 heterocycles. The van der Waals surface area contributed by atoms with Crippen LogP contribution in [0.25, 0.3) is 5.82 Å². The fourth-order valence-electron chi connectivity index (χ4n) is 1.25. The van der Waals surface area contributed by atoms with Gasteiger partial charge in [0.05, 0.1) is 5.56 Å². The molecule has 0 aliphatic heterocycles. The number of hydrogen-bond donors (Lipinski definition) is 0. The van der Waals surface area contributed by atoms with E-state index in [1.165, 1.54) is 6.92 Å². The topological polar surface area (TPSA) is 47.8 Å². The molecule has 0 aliphatic rings. The fraction of sp³-hybridized carbons (Fsp3) is 0.100. The van der Waals surface area contributed by atoms with E-state index < -0.39 is 0 Å². The smallest absolute Gasteiger partial charge is 0.164 e. The third kappa shape index (κ3) is 1.42. The summed E-state index contributed by atoms with van der Waals surface area (Å²) in [7, 11) is 0. The summed E-state index contributed by atoms with van der Waals surface area (Å²) >= 11 is 0. The molecule has 0 spiro atoms. The van der Waals surface area contributed by atoms with Crippen molar-refractivity contribution in [3.8, 4) is 5.82 Å². The van der Waals surface area contributed by atoms with Crippen LogP contribution < -0.4 is 0 Å². The van der Waals surface area contributed by atoms with Gasteiger partial charge in [0.2, 0.25) is 0 Å². The molecule has 0 radical (unpaired) electrons. The summed E-state index contributed by atoms with van der Waals surface area (Å²) < 4.78 is 1.58. The molecular weight excluding hydrogens is 178 g/mol. The molecule has 0 aliphatic carbocycles. The first kappa shape index (κ1) is 8.62. The number of carbonyl (C=O) groups excluding carboxylic acids is 1. The second kappa shape index (κ2) is 3.41. The van der Waals surface area contributed by atoms with Gasteiger partial charge in [-0.1, -0.05) is 0 Å². The van der Waals surface area contributed by atoms with Gasteiger partial charge in [-0.05, 0) is 25.1 Å². The highest BCUT2D eigenvalue weighted by atomic mass is 16.1. The molecule has 0 saturated heterocycles. The van der Waals surface area contributed by atoms with Crippen LogP contribution in [0.4, 0.5) is 0 Å². The molecule has 4 heteroatoms. The number of carbonyl (C=O) groups is 1. The normalized spacial score (nSPS) is 10.1. The summed E-state index contributed by atoms with van der Waals surface area (Å²) in [6, 6.07) is 5.27. The quantitative estimate of drug-likeness (QED) is 0.669. The van der Waals surface area contributed by atoms with E-state index in [-0.39, 0.29) is 5.78 Å². The van der Waals surface area contributed by atoms with Crippen molar-refractivity contribution in [1.82, 2.24) is 14.8 Å². The molecule has 0 fully saturated rings. The molecule has 4 nitrogen and oxygen atoms in total. The number of pyridine rings is 1. The van der Waals surface area contributed by atoms with E-state index in [0.717, 1.165) is 0 Å². The Morgan fingerprint density at radius 3 is 2.86 bits per heavy atom. The van der Waals surface area contributed by atoms with Crippen molar-refractivity contribution in [2.75, 3.05) is 0 Å². The van der Waals surface area contributed by atoms with Crippen molar-refractivity contribution in [1.29, 1.82) is 0 Å². The molecule has 70 valence electrons. The largest absolute Gasteiger partial charge is 0.294 e. The zero-order valence-corrected chi connectivity index (χ0v) is 7.71. The van der Waals surface area contributed by atoms with Gasteiger partial charge in [0.15, 0.2) is 11.6 Å². The minimum absolute atomic E-state index is 0.0106. The average Bonchev–Trinajstić information content (AvgIpc) is 2.70. The number of rotatable bonds is 2. The summed E-state index contributed by atoms with van der Waals surface area (Å²) in [4.78, 5) is 15.4. The molecule has 0 bridgehead atoms. The monoisotopic (exact) mass is 187 g/mol. The van der Waals surface area contributed by atoms with E-state index in [1.807, 2.05) is 0 Å². The third-order valence-corrected chi connectivity index (χ3v) is 1.89. The van der Waals surface area contributed by atoms with Crippen LogP contribution in [0.15, 0.2) is 36.8 Å². The molecule has 0 saturated carbocycles. The number of hydrogen-bond acceptors (Lipinski definition) is 3. The van der Waals surface area contributed by atoms with Crippen LogP contribution in [-0.4, -0.2) is 20.5 Å². The lowest BCUT2D eigenvalue weighted by Crippen LogP contribution is -2.05. The Kier molecular flexibility index (Phi) is 2.10. The summed E-state index contributed by atoms with van der Waals surface area (Å²) in [5, 5.41) is 4.03. The van der Waals surface area contributed by atoms with Crippen molar-refractivity contribution >= 4 is 5.78 Å². The lowest BCUT2D eigenvalue weighted by Gasteiger charge is -2.04. The van der Waals surface area contributed by atoms with E-state index in [2.05, 4.69) is 10.1 Å². The van der Waals surface area contributed by atoms with Gasteiger partial charge in [-0.2, -0.15) is 5.10 Å². The van der Waals surface area contributed by atoms with E-state index in [0.29, 0.717) is 11.4 Å². The molecule has 0 amide bonds. The van der Waals surface area contributed by atoms with Crippen molar-refractivity contribution in [3.05, 3.63) is 42.4 Å². The van der Waals surface area contributed by atoms with E-state index >= 15 is 0 Å². The van der Waals surface area contributed by atoms with Crippen molar-refractivity contribution < 1.29 is 4.79 Å². The Labute approximate surface area is 81.2 Å². The van der Waals surface area contributed by atoms with Gasteiger partial charge in [0.25, 0.3) is 0 Å². The van der Waals surface area contributed by atoms with E-state index in [4.69, 9.17) is 0 Å². The zero-order chi connectivity index (χ0) is 9.97. The SMILES string of the molecule is CC(=O)c1cccnc1-n1cccn1. The number of ketones is 1. The van der Waals surface area contributed by atoms with E-state index in [1.54, 1.807) is 41.5 Å². The first-order chi connectivity index (χ1) is 6.79. The highest BCUT2D eigenvalue weighted by Crippen LogP contribution is 2.10. The molecule has 2 rings (SSSR count). The second-order valence-corrected chi connectivity index (χ2v) is 2.88. The van der Waals surface area contributed by atoms with Gasteiger partial charge in [-0.25, -0.2) is 9.67 Å². The summed E-state index contributed by atoms with van der Waals surface area (Å²) in [5.41, 5.74) is 0.580. The minimum Gasteiger partial charge on any atom is -0.294 e. The van der Waals surface area contributed by atoms with Crippen LogP contribution in [-0.2, 0) is 0 Å². The van der Waals surface area contributed by atoms with Gasteiger partial charge in [-0.15, -0.1) is 0 Å². The second-order valence-electron chi connectivity index (χ2n) is 2.88. The maximum atomic E-state index is 11.3. The number of Topliss-reactive ketones (excluding diaryl/α,β-unsaturated/α-hetero) is 1. The van der Waals surface area contributed by atoms with Crippen LogP contribution in [0.1, 0.15) is 17.3 Å². The molecular formula is C10H9N3O. The highest BCUT2D eigenvalue weighted by Gasteiger charge is 2.08. The summed E-state index contributed by atoms with van der Waals surface area (Å²) in [6.07, 6.45) is 5.05. The third-order valence-electron chi connectivity index (χ3n) is 1.89. The van der Waals surface area contributed by atoms with Crippen molar-refractivity contribution in [2.24, 2.45) is 0 Å². The first-order valence-corrected chi connectivity index (χ1v) is 4.25. The fourth-order valence-corrected chi connectivity index (χ4v) is 1.25. The van der Waals surface area contributed by atoms with Crippen LogP contribution in [0, 0.1) is 0 Å². The summed E-state index contributed by atoms with van der Waals surface area (Å²) in [5.74, 6) is 0.564. The molecule has 0 unspecified atom stereocenters. The lowest BCUT2D eigenvalue weighted by atomic mass is 10.2. The summed E-state index contributed by atoms with van der Waals surface area (Å²) in [6.45, 7) is 1.52. The standard InChI is InChI=1S/C10H9N3O/c1-8(14)9-4-2-5-11-10(9)13-7-3-6-12-13/h2-7H,1H3. The molecule has 2 aromatic heterocycles. The maximum absolute atomic E-state index is 11.3. The predicted molar refractivity (Wildman–Crippen MR) is 51.4 cm³/mol. The average molecular weight is 187 g/mol. The maximum Gasteiger partial charge on any atom is 0.164 e. The Hall–Kier alpha value is -1.97. The molecule has 14 heavy (non-hydrogen) atoms. The van der Waals surface area contributed by atoms with Crippen LogP contribution in [0.5, 0.6) is 0 Å². The Bertz CT molecular complexity index is 448. The predicted octanol–water partition coefficient (Wildman–Crippen LogP) is 1.47. The molecule has 0 N–H and O–H groups in total. The molecule has 0 atom stereocenters.